The quantitative estimate of drug-likeness (QED) is 0.732. The molecule has 1 aromatic heterocycles. The first-order chi connectivity index (χ1) is 5.77. The number of pyridine rings is 1. The van der Waals surface area contributed by atoms with Gasteiger partial charge in [0.15, 0.2) is 0 Å². The van der Waals surface area contributed by atoms with Crippen molar-refractivity contribution >= 4 is 15.9 Å². The topological polar surface area (TPSA) is 42.4 Å². The molecule has 0 bridgehead atoms. The number of aliphatic hydroxyl groups excluding tert-OH is 1. The van der Waals surface area contributed by atoms with Gasteiger partial charge in [-0.2, -0.15) is 0 Å². The van der Waals surface area contributed by atoms with E-state index in [9.17, 15) is 5.11 Å². The summed E-state index contributed by atoms with van der Waals surface area (Å²) in [7, 11) is 0. The minimum absolute atomic E-state index is 0.349. The van der Waals surface area contributed by atoms with E-state index in [4.69, 9.17) is 4.74 Å². The molecule has 3 nitrogen and oxygen atoms in total. The summed E-state index contributed by atoms with van der Waals surface area (Å²) in [6.45, 7) is 0.889. The molecule has 4 heteroatoms. The molecular weight excluding hydrogens is 222 g/mol. The Labute approximate surface area is 78.5 Å². The van der Waals surface area contributed by atoms with Crippen molar-refractivity contribution in [3.63, 3.8) is 0 Å². The fourth-order valence-electron chi connectivity index (χ4n) is 1.27. The lowest BCUT2D eigenvalue weighted by atomic mass is 10.1. The van der Waals surface area contributed by atoms with Gasteiger partial charge in [0, 0.05) is 16.2 Å². The average molecular weight is 230 g/mol. The van der Waals surface area contributed by atoms with Crippen molar-refractivity contribution in [2.45, 2.75) is 12.7 Å². The van der Waals surface area contributed by atoms with Crippen molar-refractivity contribution in [2.75, 3.05) is 6.61 Å². The molecule has 1 atom stereocenters. The zero-order valence-electron chi connectivity index (χ0n) is 6.33. The average Bonchev–Trinajstić information content (AvgIpc) is 2.04. The predicted octanol–water partition coefficient (Wildman–Crippen LogP) is 1.41. The molecule has 2 rings (SSSR count). The van der Waals surface area contributed by atoms with Crippen LogP contribution in [0.4, 0.5) is 0 Å². The Balaban J connectivity index is 2.46. The molecule has 0 spiro atoms. The van der Waals surface area contributed by atoms with Crippen LogP contribution in [0, 0.1) is 0 Å². The van der Waals surface area contributed by atoms with Crippen molar-refractivity contribution in [3.05, 3.63) is 28.0 Å². The van der Waals surface area contributed by atoms with E-state index in [1.807, 2.05) is 6.07 Å². The Bertz CT molecular complexity index is 303. The molecule has 1 aliphatic heterocycles. The first-order valence-electron chi connectivity index (χ1n) is 3.67. The third kappa shape index (κ3) is 1.37. The van der Waals surface area contributed by atoms with Crippen LogP contribution in [0.15, 0.2) is 16.7 Å². The minimum atomic E-state index is -0.568. The van der Waals surface area contributed by atoms with E-state index in [1.54, 1.807) is 6.20 Å². The van der Waals surface area contributed by atoms with Crippen LogP contribution in [0.2, 0.25) is 0 Å². The number of hydrogen-bond donors (Lipinski definition) is 1. The number of nitrogens with zero attached hydrogens (tertiary/aromatic N) is 1. The predicted molar refractivity (Wildman–Crippen MR) is 46.6 cm³/mol. The molecule has 0 aliphatic carbocycles. The van der Waals surface area contributed by atoms with Crippen LogP contribution >= 0.6 is 15.9 Å². The van der Waals surface area contributed by atoms with Crippen molar-refractivity contribution in [2.24, 2.45) is 0 Å². The lowest BCUT2D eigenvalue weighted by molar-refractivity contribution is 0.00689. The van der Waals surface area contributed by atoms with E-state index in [0.717, 1.165) is 15.7 Å². The number of aliphatic hydroxyl groups is 1. The maximum atomic E-state index is 9.45. The number of halogens is 1. The molecule has 1 aliphatic rings. The Morgan fingerprint density at radius 2 is 2.50 bits per heavy atom. The Hall–Kier alpha value is -0.450. The second-order valence-corrected chi connectivity index (χ2v) is 3.64. The first-order valence-corrected chi connectivity index (χ1v) is 4.47. The number of aromatic nitrogens is 1. The van der Waals surface area contributed by atoms with Gasteiger partial charge >= 0.3 is 0 Å². The third-order valence-electron chi connectivity index (χ3n) is 1.82. The van der Waals surface area contributed by atoms with Gasteiger partial charge in [0.05, 0.1) is 18.9 Å². The monoisotopic (exact) mass is 229 g/mol. The second kappa shape index (κ2) is 3.12. The number of fused-ring (bicyclic) bond motifs is 1. The van der Waals surface area contributed by atoms with E-state index in [1.165, 1.54) is 0 Å². The van der Waals surface area contributed by atoms with E-state index >= 15 is 0 Å². The van der Waals surface area contributed by atoms with Crippen molar-refractivity contribution < 1.29 is 9.84 Å². The van der Waals surface area contributed by atoms with Crippen LogP contribution in [0.25, 0.3) is 0 Å². The van der Waals surface area contributed by atoms with Gasteiger partial charge in [-0.25, -0.2) is 0 Å². The SMILES string of the molecule is O[C@@H]1COCc2cc(Br)cnc21. The van der Waals surface area contributed by atoms with Crippen LogP contribution in [0.3, 0.4) is 0 Å². The fraction of sp³-hybridized carbons (Fsp3) is 0.375. The molecule has 0 saturated carbocycles. The first kappa shape index (κ1) is 8.16. The summed E-state index contributed by atoms with van der Waals surface area (Å²) in [6, 6.07) is 1.92. The highest BCUT2D eigenvalue weighted by molar-refractivity contribution is 9.10. The lowest BCUT2D eigenvalue weighted by Gasteiger charge is -2.20. The molecule has 12 heavy (non-hydrogen) atoms. The van der Waals surface area contributed by atoms with E-state index in [-0.39, 0.29) is 0 Å². The summed E-state index contributed by atoms with van der Waals surface area (Å²) in [4.78, 5) is 4.12. The van der Waals surface area contributed by atoms with Gasteiger partial charge < -0.3 is 9.84 Å². The summed E-state index contributed by atoms with van der Waals surface area (Å²) < 4.78 is 6.07. The number of rotatable bonds is 0. The highest BCUT2D eigenvalue weighted by Gasteiger charge is 2.19. The Kier molecular flexibility index (Phi) is 2.12. The van der Waals surface area contributed by atoms with Crippen LogP contribution < -0.4 is 0 Å². The second-order valence-electron chi connectivity index (χ2n) is 2.73. The van der Waals surface area contributed by atoms with Crippen molar-refractivity contribution in [3.8, 4) is 0 Å². The van der Waals surface area contributed by atoms with Crippen LogP contribution in [0.1, 0.15) is 17.4 Å². The van der Waals surface area contributed by atoms with E-state index in [2.05, 4.69) is 20.9 Å². The molecule has 0 aromatic carbocycles. The summed E-state index contributed by atoms with van der Waals surface area (Å²) in [5.41, 5.74) is 1.70. The van der Waals surface area contributed by atoms with Gasteiger partial charge in [-0.1, -0.05) is 0 Å². The molecule has 0 unspecified atom stereocenters. The molecule has 0 radical (unpaired) electrons. The molecule has 1 N–H and O–H groups in total. The van der Waals surface area contributed by atoms with Gasteiger partial charge in [0.2, 0.25) is 0 Å². The van der Waals surface area contributed by atoms with Crippen molar-refractivity contribution in [1.29, 1.82) is 0 Å². The number of hydrogen-bond acceptors (Lipinski definition) is 3. The van der Waals surface area contributed by atoms with Gasteiger partial charge in [0.1, 0.15) is 6.10 Å². The van der Waals surface area contributed by atoms with Gasteiger partial charge in [-0.05, 0) is 22.0 Å². The summed E-state index contributed by atoms with van der Waals surface area (Å²) >= 11 is 3.31. The van der Waals surface area contributed by atoms with Crippen LogP contribution in [0.5, 0.6) is 0 Å². The molecule has 0 amide bonds. The molecule has 64 valence electrons. The van der Waals surface area contributed by atoms with Gasteiger partial charge in [0.25, 0.3) is 0 Å². The zero-order valence-corrected chi connectivity index (χ0v) is 7.91. The van der Waals surface area contributed by atoms with Crippen LogP contribution in [-0.2, 0) is 11.3 Å². The lowest BCUT2D eigenvalue weighted by Crippen LogP contribution is -2.17. The Morgan fingerprint density at radius 1 is 1.67 bits per heavy atom. The maximum absolute atomic E-state index is 9.45. The maximum Gasteiger partial charge on any atom is 0.120 e. The summed E-state index contributed by atoms with van der Waals surface area (Å²) in [6.07, 6.45) is 1.12. The standard InChI is InChI=1S/C8H8BrNO2/c9-6-1-5-3-12-4-7(11)8(5)10-2-6/h1-2,7,11H,3-4H2/t7-/m1/s1. The highest BCUT2D eigenvalue weighted by atomic mass is 79.9. The molecule has 0 fully saturated rings. The van der Waals surface area contributed by atoms with Gasteiger partial charge in [-0.3, -0.25) is 4.98 Å². The minimum Gasteiger partial charge on any atom is -0.384 e. The third-order valence-corrected chi connectivity index (χ3v) is 2.25. The molecule has 0 saturated heterocycles. The van der Waals surface area contributed by atoms with E-state index < -0.39 is 6.10 Å². The van der Waals surface area contributed by atoms with Crippen LogP contribution in [-0.4, -0.2) is 16.7 Å². The highest BCUT2D eigenvalue weighted by Crippen LogP contribution is 2.24. The molecular formula is C8H8BrNO2. The summed E-state index contributed by atoms with van der Waals surface area (Å²) in [5.74, 6) is 0. The zero-order chi connectivity index (χ0) is 8.55. The van der Waals surface area contributed by atoms with E-state index in [0.29, 0.717) is 13.2 Å². The number of ether oxygens (including phenoxy) is 1. The normalized spacial score (nSPS) is 22.0. The van der Waals surface area contributed by atoms with Gasteiger partial charge in [-0.15, -0.1) is 0 Å². The Morgan fingerprint density at radius 3 is 3.33 bits per heavy atom. The summed E-state index contributed by atoms with van der Waals surface area (Å²) in [5, 5.41) is 9.45. The smallest absolute Gasteiger partial charge is 0.120 e. The molecule has 1 aromatic rings. The fourth-order valence-corrected chi connectivity index (χ4v) is 1.65. The largest absolute Gasteiger partial charge is 0.384 e. The van der Waals surface area contributed by atoms with Crippen molar-refractivity contribution in [1.82, 2.24) is 4.98 Å². The molecule has 2 heterocycles.